The van der Waals surface area contributed by atoms with Crippen molar-refractivity contribution in [1.82, 2.24) is 4.57 Å². The van der Waals surface area contributed by atoms with Gasteiger partial charge in [-0.1, -0.05) is 48.5 Å². The molecule has 0 saturated carbocycles. The van der Waals surface area contributed by atoms with Crippen molar-refractivity contribution in [3.63, 3.8) is 0 Å². The second-order valence-electron chi connectivity index (χ2n) is 4.53. The molecule has 3 aromatic rings. The zero-order valence-corrected chi connectivity index (χ0v) is 10.2. The van der Waals surface area contributed by atoms with Crippen molar-refractivity contribution in [1.29, 1.82) is 0 Å². The normalized spacial score (nSPS) is 12.8. The van der Waals surface area contributed by atoms with Gasteiger partial charge in [-0.05, 0) is 11.6 Å². The highest BCUT2D eigenvalue weighted by Gasteiger charge is 2.15. The number of hydrogen-bond donors (Lipinski definition) is 1. The Kier molecular flexibility index (Phi) is 2.65. The van der Waals surface area contributed by atoms with E-state index in [1.165, 1.54) is 0 Å². The van der Waals surface area contributed by atoms with Crippen LogP contribution in [0.15, 0.2) is 60.8 Å². The summed E-state index contributed by atoms with van der Waals surface area (Å²) in [7, 11) is 2.00. The Bertz CT molecular complexity index is 670. The summed E-state index contributed by atoms with van der Waals surface area (Å²) in [5, 5.41) is 11.6. The molecule has 1 unspecified atom stereocenters. The number of hydrogen-bond acceptors (Lipinski definition) is 1. The molecule has 0 aliphatic carbocycles. The Labute approximate surface area is 106 Å². The lowest BCUT2D eigenvalue weighted by molar-refractivity contribution is 0.221. The molecule has 1 atom stereocenters. The maximum absolute atomic E-state index is 10.5. The summed E-state index contributed by atoms with van der Waals surface area (Å²) in [6, 6.07) is 17.9. The van der Waals surface area contributed by atoms with Gasteiger partial charge >= 0.3 is 0 Å². The zero-order valence-electron chi connectivity index (χ0n) is 10.2. The first-order valence-electron chi connectivity index (χ1n) is 6.04. The summed E-state index contributed by atoms with van der Waals surface area (Å²) in [6.07, 6.45) is 1.43. The summed E-state index contributed by atoms with van der Waals surface area (Å²) in [6.45, 7) is 0. The second-order valence-corrected chi connectivity index (χ2v) is 4.53. The monoisotopic (exact) mass is 237 g/mol. The molecule has 2 nitrogen and oxygen atoms in total. The van der Waals surface area contributed by atoms with Gasteiger partial charge in [0, 0.05) is 29.7 Å². The van der Waals surface area contributed by atoms with E-state index in [-0.39, 0.29) is 0 Å². The Morgan fingerprint density at radius 1 is 0.944 bits per heavy atom. The van der Waals surface area contributed by atoms with E-state index in [9.17, 15) is 5.11 Å². The van der Waals surface area contributed by atoms with E-state index in [1.807, 2.05) is 55.7 Å². The SMILES string of the molecule is Cn1cc(C(O)c2ccccc2)c2ccccc21. The fourth-order valence-corrected chi connectivity index (χ4v) is 2.41. The smallest absolute Gasteiger partial charge is 0.106 e. The van der Waals surface area contributed by atoms with Crippen molar-refractivity contribution in [3.05, 3.63) is 71.9 Å². The highest BCUT2D eigenvalue weighted by molar-refractivity contribution is 5.84. The average molecular weight is 237 g/mol. The van der Waals surface area contributed by atoms with Gasteiger partial charge in [0.25, 0.3) is 0 Å². The maximum atomic E-state index is 10.5. The number of aromatic nitrogens is 1. The van der Waals surface area contributed by atoms with Crippen LogP contribution in [0.4, 0.5) is 0 Å². The Balaban J connectivity index is 2.15. The van der Waals surface area contributed by atoms with Gasteiger partial charge in [0.1, 0.15) is 6.10 Å². The van der Waals surface area contributed by atoms with Crippen LogP contribution in [0.25, 0.3) is 10.9 Å². The molecule has 0 aliphatic rings. The molecule has 1 N–H and O–H groups in total. The van der Waals surface area contributed by atoms with Gasteiger partial charge in [-0.3, -0.25) is 0 Å². The number of fused-ring (bicyclic) bond motifs is 1. The van der Waals surface area contributed by atoms with Gasteiger partial charge in [0.2, 0.25) is 0 Å². The molecule has 3 rings (SSSR count). The molecule has 90 valence electrons. The third kappa shape index (κ3) is 1.71. The van der Waals surface area contributed by atoms with Crippen LogP contribution >= 0.6 is 0 Å². The van der Waals surface area contributed by atoms with Crippen LogP contribution in [0.1, 0.15) is 17.2 Å². The van der Waals surface area contributed by atoms with Crippen molar-refractivity contribution in [3.8, 4) is 0 Å². The molecule has 0 radical (unpaired) electrons. The standard InChI is InChI=1S/C16H15NO/c1-17-11-14(13-9-5-6-10-15(13)17)16(18)12-7-3-2-4-8-12/h2-11,16,18H,1H3. The lowest BCUT2D eigenvalue weighted by atomic mass is 10.0. The van der Waals surface area contributed by atoms with Crippen molar-refractivity contribution in [2.75, 3.05) is 0 Å². The van der Waals surface area contributed by atoms with Crippen LogP contribution in [0.2, 0.25) is 0 Å². The zero-order chi connectivity index (χ0) is 12.5. The van der Waals surface area contributed by atoms with Crippen LogP contribution in [0.5, 0.6) is 0 Å². The van der Waals surface area contributed by atoms with E-state index in [0.29, 0.717) is 0 Å². The first-order chi connectivity index (χ1) is 8.77. The number of benzene rings is 2. The van der Waals surface area contributed by atoms with E-state index in [0.717, 1.165) is 22.0 Å². The minimum Gasteiger partial charge on any atom is -0.384 e. The van der Waals surface area contributed by atoms with Crippen LogP contribution in [-0.2, 0) is 7.05 Å². The number of nitrogens with zero attached hydrogens (tertiary/aromatic N) is 1. The number of aryl methyl sites for hydroxylation is 1. The Morgan fingerprint density at radius 2 is 1.61 bits per heavy atom. The summed E-state index contributed by atoms with van der Waals surface area (Å²) in [5.74, 6) is 0. The number of aliphatic hydroxyl groups is 1. The highest BCUT2D eigenvalue weighted by atomic mass is 16.3. The van der Waals surface area contributed by atoms with E-state index in [4.69, 9.17) is 0 Å². The fourth-order valence-electron chi connectivity index (χ4n) is 2.41. The summed E-state index contributed by atoms with van der Waals surface area (Å²) in [5.41, 5.74) is 3.02. The summed E-state index contributed by atoms with van der Waals surface area (Å²) < 4.78 is 2.05. The molecule has 2 heteroatoms. The lowest BCUT2D eigenvalue weighted by Crippen LogP contribution is -1.98. The van der Waals surface area contributed by atoms with Crippen molar-refractivity contribution in [2.24, 2.45) is 7.05 Å². The molecule has 0 spiro atoms. The third-order valence-electron chi connectivity index (χ3n) is 3.34. The minimum absolute atomic E-state index is 0.572. The molecule has 18 heavy (non-hydrogen) atoms. The average Bonchev–Trinajstić information content (AvgIpc) is 2.77. The predicted octanol–water partition coefficient (Wildman–Crippen LogP) is 3.26. The fraction of sp³-hybridized carbons (Fsp3) is 0.125. The number of para-hydroxylation sites is 1. The molecule has 1 aromatic heterocycles. The highest BCUT2D eigenvalue weighted by Crippen LogP contribution is 2.29. The molecular weight excluding hydrogens is 222 g/mol. The quantitative estimate of drug-likeness (QED) is 0.727. The van der Waals surface area contributed by atoms with Crippen LogP contribution < -0.4 is 0 Å². The van der Waals surface area contributed by atoms with Gasteiger partial charge < -0.3 is 9.67 Å². The van der Waals surface area contributed by atoms with E-state index >= 15 is 0 Å². The molecule has 2 aromatic carbocycles. The van der Waals surface area contributed by atoms with Crippen molar-refractivity contribution >= 4 is 10.9 Å². The van der Waals surface area contributed by atoms with Gasteiger partial charge in [-0.25, -0.2) is 0 Å². The minimum atomic E-state index is -0.572. The Hall–Kier alpha value is -2.06. The molecule has 0 bridgehead atoms. The van der Waals surface area contributed by atoms with Gasteiger partial charge in [-0.2, -0.15) is 0 Å². The van der Waals surface area contributed by atoms with E-state index in [1.54, 1.807) is 0 Å². The largest absolute Gasteiger partial charge is 0.384 e. The van der Waals surface area contributed by atoms with Gasteiger partial charge in [-0.15, -0.1) is 0 Å². The topological polar surface area (TPSA) is 25.2 Å². The summed E-state index contributed by atoms with van der Waals surface area (Å²) >= 11 is 0. The molecule has 0 saturated heterocycles. The predicted molar refractivity (Wildman–Crippen MR) is 73.4 cm³/mol. The van der Waals surface area contributed by atoms with Crippen molar-refractivity contribution in [2.45, 2.75) is 6.10 Å². The first-order valence-corrected chi connectivity index (χ1v) is 6.04. The lowest BCUT2D eigenvalue weighted by Gasteiger charge is -2.09. The number of aliphatic hydroxyl groups excluding tert-OH is 1. The molecule has 1 heterocycles. The second kappa shape index (κ2) is 4.31. The molecule has 0 aliphatic heterocycles. The van der Waals surface area contributed by atoms with Crippen LogP contribution in [0, 0.1) is 0 Å². The van der Waals surface area contributed by atoms with E-state index in [2.05, 4.69) is 16.7 Å². The van der Waals surface area contributed by atoms with Gasteiger partial charge in [0.15, 0.2) is 0 Å². The molecule has 0 fully saturated rings. The van der Waals surface area contributed by atoms with E-state index < -0.39 is 6.10 Å². The first kappa shape index (κ1) is 11.1. The molecular formula is C16H15NO. The van der Waals surface area contributed by atoms with Crippen molar-refractivity contribution < 1.29 is 5.11 Å². The van der Waals surface area contributed by atoms with Gasteiger partial charge in [0.05, 0.1) is 0 Å². The number of rotatable bonds is 2. The molecule has 0 amide bonds. The van der Waals surface area contributed by atoms with Crippen LogP contribution in [-0.4, -0.2) is 9.67 Å². The van der Waals surface area contributed by atoms with Crippen LogP contribution in [0.3, 0.4) is 0 Å². The maximum Gasteiger partial charge on any atom is 0.106 e. The Morgan fingerprint density at radius 3 is 2.39 bits per heavy atom. The third-order valence-corrected chi connectivity index (χ3v) is 3.34. The summed E-state index contributed by atoms with van der Waals surface area (Å²) in [4.78, 5) is 0.